The number of amides is 1. The van der Waals surface area contributed by atoms with E-state index in [4.69, 9.17) is 9.84 Å². The number of benzene rings is 1. The lowest BCUT2D eigenvalue weighted by molar-refractivity contribution is -0.138. The monoisotopic (exact) mass is 357 g/mol. The minimum Gasteiger partial charge on any atom is -0.481 e. The Morgan fingerprint density at radius 1 is 1.33 bits per heavy atom. The largest absolute Gasteiger partial charge is 0.481 e. The number of carboxylic acid groups (broad SMARTS) is 1. The SMILES string of the molecule is CCCCOCC(=O)NC(CC(=O)O)c1ccc(Br)cc1. The minimum atomic E-state index is -0.963. The van der Waals surface area contributed by atoms with E-state index < -0.39 is 12.0 Å². The topological polar surface area (TPSA) is 75.6 Å². The van der Waals surface area contributed by atoms with Gasteiger partial charge in [0.1, 0.15) is 6.61 Å². The summed E-state index contributed by atoms with van der Waals surface area (Å²) in [6, 6.07) is 6.64. The molecule has 1 aromatic rings. The molecule has 0 aliphatic rings. The first-order valence-electron chi connectivity index (χ1n) is 6.87. The van der Waals surface area contributed by atoms with Gasteiger partial charge in [0.25, 0.3) is 0 Å². The van der Waals surface area contributed by atoms with Crippen LogP contribution >= 0.6 is 15.9 Å². The number of carboxylic acids is 1. The third kappa shape index (κ3) is 7.24. The smallest absolute Gasteiger partial charge is 0.305 e. The molecule has 0 aromatic heterocycles. The summed E-state index contributed by atoms with van der Waals surface area (Å²) in [6.45, 7) is 2.53. The van der Waals surface area contributed by atoms with Crippen molar-refractivity contribution in [2.75, 3.05) is 13.2 Å². The van der Waals surface area contributed by atoms with Crippen molar-refractivity contribution in [2.45, 2.75) is 32.2 Å². The van der Waals surface area contributed by atoms with Crippen LogP contribution in [-0.4, -0.2) is 30.2 Å². The highest BCUT2D eigenvalue weighted by molar-refractivity contribution is 9.10. The van der Waals surface area contributed by atoms with Gasteiger partial charge in [-0.05, 0) is 24.1 Å². The lowest BCUT2D eigenvalue weighted by Gasteiger charge is -2.17. The molecule has 5 nitrogen and oxygen atoms in total. The predicted octanol–water partition coefficient (Wildman–Crippen LogP) is 2.90. The number of unbranched alkanes of at least 4 members (excludes halogenated alkanes) is 1. The molecule has 0 aliphatic heterocycles. The fourth-order valence-electron chi connectivity index (χ4n) is 1.77. The van der Waals surface area contributed by atoms with Crippen molar-refractivity contribution in [3.63, 3.8) is 0 Å². The first-order valence-corrected chi connectivity index (χ1v) is 7.66. The molecule has 1 aromatic carbocycles. The third-order valence-corrected chi connectivity index (χ3v) is 3.39. The fourth-order valence-corrected chi connectivity index (χ4v) is 2.03. The summed E-state index contributed by atoms with van der Waals surface area (Å²) in [5, 5.41) is 11.7. The van der Waals surface area contributed by atoms with E-state index in [0.29, 0.717) is 6.61 Å². The van der Waals surface area contributed by atoms with Crippen LogP contribution < -0.4 is 5.32 Å². The first-order chi connectivity index (χ1) is 10.0. The number of carbonyl (C=O) groups excluding carboxylic acids is 1. The Labute approximate surface area is 132 Å². The van der Waals surface area contributed by atoms with Crippen LogP contribution in [0.3, 0.4) is 0 Å². The maximum atomic E-state index is 11.8. The second-order valence-corrected chi connectivity index (χ2v) is 5.59. The zero-order valence-electron chi connectivity index (χ0n) is 12.0. The molecule has 1 atom stereocenters. The second-order valence-electron chi connectivity index (χ2n) is 4.68. The summed E-state index contributed by atoms with van der Waals surface area (Å²) in [5.74, 6) is -1.27. The maximum absolute atomic E-state index is 11.8. The molecule has 0 aliphatic carbocycles. The molecule has 6 heteroatoms. The van der Waals surface area contributed by atoms with E-state index in [-0.39, 0.29) is 18.9 Å². The van der Waals surface area contributed by atoms with Crippen molar-refractivity contribution in [1.82, 2.24) is 5.32 Å². The molecule has 0 radical (unpaired) electrons. The van der Waals surface area contributed by atoms with Gasteiger partial charge in [0.05, 0.1) is 12.5 Å². The molecule has 21 heavy (non-hydrogen) atoms. The standard InChI is InChI=1S/C15H20BrNO4/c1-2-3-8-21-10-14(18)17-13(9-15(19)20)11-4-6-12(16)7-5-11/h4-7,13H,2-3,8-10H2,1H3,(H,17,18)(H,19,20). The van der Waals surface area contributed by atoms with Gasteiger partial charge in [-0.25, -0.2) is 0 Å². The summed E-state index contributed by atoms with van der Waals surface area (Å²) in [6.07, 6.45) is 1.74. The Morgan fingerprint density at radius 2 is 2.00 bits per heavy atom. The molecule has 0 bridgehead atoms. The molecule has 1 rings (SSSR count). The van der Waals surface area contributed by atoms with E-state index in [1.807, 2.05) is 19.1 Å². The molecular weight excluding hydrogens is 338 g/mol. The van der Waals surface area contributed by atoms with E-state index in [1.54, 1.807) is 12.1 Å². The van der Waals surface area contributed by atoms with Crippen LogP contribution in [0, 0.1) is 0 Å². The highest BCUT2D eigenvalue weighted by atomic mass is 79.9. The van der Waals surface area contributed by atoms with E-state index in [2.05, 4.69) is 21.2 Å². The minimum absolute atomic E-state index is 0.0490. The van der Waals surface area contributed by atoms with Gasteiger partial charge in [0.2, 0.25) is 5.91 Å². The van der Waals surface area contributed by atoms with Crippen molar-refractivity contribution in [3.8, 4) is 0 Å². The summed E-state index contributed by atoms with van der Waals surface area (Å²) in [5.41, 5.74) is 0.752. The van der Waals surface area contributed by atoms with Gasteiger partial charge in [-0.1, -0.05) is 41.4 Å². The van der Waals surface area contributed by atoms with Gasteiger partial charge >= 0.3 is 5.97 Å². The van der Waals surface area contributed by atoms with Crippen molar-refractivity contribution in [1.29, 1.82) is 0 Å². The van der Waals surface area contributed by atoms with Gasteiger partial charge < -0.3 is 15.2 Å². The summed E-state index contributed by atoms with van der Waals surface area (Å²) < 4.78 is 6.13. The number of rotatable bonds is 9. The van der Waals surface area contributed by atoms with Gasteiger partial charge in [-0.2, -0.15) is 0 Å². The fraction of sp³-hybridized carbons (Fsp3) is 0.467. The Hall–Kier alpha value is -1.40. The molecule has 0 heterocycles. The molecule has 2 N–H and O–H groups in total. The van der Waals surface area contributed by atoms with Crippen molar-refractivity contribution >= 4 is 27.8 Å². The zero-order valence-corrected chi connectivity index (χ0v) is 13.6. The van der Waals surface area contributed by atoms with Crippen LogP contribution in [0.15, 0.2) is 28.7 Å². The van der Waals surface area contributed by atoms with Crippen molar-refractivity contribution in [2.24, 2.45) is 0 Å². The predicted molar refractivity (Wildman–Crippen MR) is 83.0 cm³/mol. The molecule has 0 saturated carbocycles. The van der Waals surface area contributed by atoms with Gasteiger partial charge in [-0.3, -0.25) is 9.59 Å². The van der Waals surface area contributed by atoms with E-state index >= 15 is 0 Å². The molecule has 0 saturated heterocycles. The molecule has 1 amide bonds. The van der Waals surface area contributed by atoms with E-state index in [1.165, 1.54) is 0 Å². The Balaban J connectivity index is 2.59. The number of nitrogens with one attached hydrogen (secondary N) is 1. The van der Waals surface area contributed by atoms with Crippen LogP contribution in [0.2, 0.25) is 0 Å². The number of carbonyl (C=O) groups is 2. The van der Waals surface area contributed by atoms with Crippen molar-refractivity contribution in [3.05, 3.63) is 34.3 Å². The van der Waals surface area contributed by atoms with E-state index in [9.17, 15) is 9.59 Å². The van der Waals surface area contributed by atoms with Crippen LogP contribution in [0.1, 0.15) is 37.8 Å². The third-order valence-electron chi connectivity index (χ3n) is 2.86. The lowest BCUT2D eigenvalue weighted by atomic mass is 10.0. The normalized spacial score (nSPS) is 11.9. The number of ether oxygens (including phenoxy) is 1. The average molecular weight is 358 g/mol. The maximum Gasteiger partial charge on any atom is 0.305 e. The number of halogens is 1. The first kappa shape index (κ1) is 17.7. The average Bonchev–Trinajstić information content (AvgIpc) is 2.43. The second kappa shape index (κ2) is 9.52. The molecule has 1 unspecified atom stereocenters. The van der Waals surface area contributed by atoms with Gasteiger partial charge in [-0.15, -0.1) is 0 Å². The Morgan fingerprint density at radius 3 is 2.57 bits per heavy atom. The quantitative estimate of drug-likeness (QED) is 0.666. The Bertz CT molecular complexity index is 461. The van der Waals surface area contributed by atoms with Gasteiger partial charge in [0.15, 0.2) is 0 Å². The van der Waals surface area contributed by atoms with Crippen LogP contribution in [-0.2, 0) is 14.3 Å². The zero-order chi connectivity index (χ0) is 15.7. The highest BCUT2D eigenvalue weighted by Crippen LogP contribution is 2.19. The number of hydrogen-bond acceptors (Lipinski definition) is 3. The lowest BCUT2D eigenvalue weighted by Crippen LogP contribution is -2.33. The van der Waals surface area contributed by atoms with Crippen LogP contribution in [0.4, 0.5) is 0 Å². The van der Waals surface area contributed by atoms with Gasteiger partial charge in [0, 0.05) is 11.1 Å². The van der Waals surface area contributed by atoms with E-state index in [0.717, 1.165) is 22.9 Å². The van der Waals surface area contributed by atoms with Crippen LogP contribution in [0.25, 0.3) is 0 Å². The molecule has 116 valence electrons. The summed E-state index contributed by atoms with van der Waals surface area (Å²) in [7, 11) is 0. The molecule has 0 spiro atoms. The summed E-state index contributed by atoms with van der Waals surface area (Å²) >= 11 is 3.32. The number of hydrogen-bond donors (Lipinski definition) is 2. The Kier molecular flexibility index (Phi) is 8.00. The van der Waals surface area contributed by atoms with Crippen LogP contribution in [0.5, 0.6) is 0 Å². The molecule has 0 fully saturated rings. The summed E-state index contributed by atoms with van der Waals surface area (Å²) in [4.78, 5) is 22.7. The number of aliphatic carboxylic acids is 1. The van der Waals surface area contributed by atoms with Crippen molar-refractivity contribution < 1.29 is 19.4 Å². The molecular formula is C15H20BrNO4. The highest BCUT2D eigenvalue weighted by Gasteiger charge is 2.18.